The average molecular weight is 445 g/mol. The Morgan fingerprint density at radius 1 is 1.31 bits per heavy atom. The summed E-state index contributed by atoms with van der Waals surface area (Å²) in [7, 11) is 0. The van der Waals surface area contributed by atoms with Gasteiger partial charge in [0, 0.05) is 12.5 Å². The molecule has 1 aliphatic rings. The van der Waals surface area contributed by atoms with E-state index in [0.29, 0.717) is 15.9 Å². The maximum atomic E-state index is 13.1. The molecular weight excluding hydrogens is 425 g/mol. The fraction of sp³-hybridized carbons (Fsp3) is 0.444. The number of alkyl halides is 3. The fourth-order valence-corrected chi connectivity index (χ4v) is 4.67. The lowest BCUT2D eigenvalue weighted by molar-refractivity contribution is -0.137. The second-order valence-corrected chi connectivity index (χ2v) is 9.04. The molecule has 0 aliphatic heterocycles. The Kier molecular flexibility index (Phi) is 6.47. The van der Waals surface area contributed by atoms with Gasteiger partial charge in [0.05, 0.1) is 16.5 Å². The van der Waals surface area contributed by atoms with Crippen LogP contribution in [0.5, 0.6) is 0 Å². The monoisotopic (exact) mass is 444 g/mol. The van der Waals surface area contributed by atoms with Crippen molar-refractivity contribution in [1.29, 1.82) is 0 Å². The van der Waals surface area contributed by atoms with Gasteiger partial charge in [-0.05, 0) is 31.9 Å². The minimum atomic E-state index is -4.56. The first-order chi connectivity index (χ1) is 13.7. The van der Waals surface area contributed by atoms with E-state index < -0.39 is 22.9 Å². The normalized spacial score (nSPS) is 15.1. The van der Waals surface area contributed by atoms with Crippen molar-refractivity contribution in [3.05, 3.63) is 29.8 Å². The summed E-state index contributed by atoms with van der Waals surface area (Å²) in [5.74, 6) is -0.609. The molecule has 2 amide bonds. The van der Waals surface area contributed by atoms with Crippen LogP contribution >= 0.6 is 23.1 Å². The van der Waals surface area contributed by atoms with E-state index in [0.717, 1.165) is 30.7 Å². The maximum absolute atomic E-state index is 13.1. The number of carbonyl (C=O) groups excluding carboxylic acids is 2. The zero-order chi connectivity index (χ0) is 21.2. The number of halogens is 3. The lowest BCUT2D eigenvalue weighted by atomic mass is 10.1. The van der Waals surface area contributed by atoms with Gasteiger partial charge in [0.25, 0.3) is 0 Å². The molecule has 0 radical (unpaired) electrons. The molecule has 29 heavy (non-hydrogen) atoms. The quantitative estimate of drug-likeness (QED) is 0.500. The molecule has 1 atom stereocenters. The Bertz CT molecular complexity index is 899. The number of amides is 2. The number of carbonyl (C=O) groups is 2. The predicted octanol–water partition coefficient (Wildman–Crippen LogP) is 4.58. The molecule has 11 heteroatoms. The molecule has 156 valence electrons. The third kappa shape index (κ3) is 5.27. The molecule has 1 aliphatic carbocycles. The Hall–Kier alpha value is -2.14. The van der Waals surface area contributed by atoms with Crippen molar-refractivity contribution in [2.24, 2.45) is 0 Å². The molecular formula is C18H19F3N4O2S2. The lowest BCUT2D eigenvalue weighted by Crippen LogP contribution is -2.32. The van der Waals surface area contributed by atoms with Crippen molar-refractivity contribution in [3.63, 3.8) is 0 Å². The Morgan fingerprint density at radius 3 is 2.62 bits per heavy atom. The van der Waals surface area contributed by atoms with Crippen molar-refractivity contribution in [2.45, 2.75) is 54.9 Å². The van der Waals surface area contributed by atoms with Crippen LogP contribution in [0.1, 0.15) is 38.7 Å². The number of rotatable bonds is 7. The summed E-state index contributed by atoms with van der Waals surface area (Å²) < 4.78 is 39.7. The van der Waals surface area contributed by atoms with Crippen molar-refractivity contribution in [3.8, 4) is 0 Å². The largest absolute Gasteiger partial charge is 0.418 e. The number of thioether (sulfide) groups is 1. The minimum Gasteiger partial charge on any atom is -0.325 e. The molecule has 2 aromatic rings. The Labute approximate surface area is 173 Å². The molecule has 1 saturated carbocycles. The Morgan fingerprint density at radius 2 is 2.00 bits per heavy atom. The molecule has 0 saturated heterocycles. The summed E-state index contributed by atoms with van der Waals surface area (Å²) in [6.07, 6.45) is -2.36. The molecule has 1 unspecified atom stereocenters. The molecule has 0 bridgehead atoms. The van der Waals surface area contributed by atoms with Gasteiger partial charge in [-0.1, -0.05) is 42.2 Å². The van der Waals surface area contributed by atoms with Crippen LogP contribution in [0.15, 0.2) is 28.6 Å². The number of nitrogens with one attached hydrogen (secondary N) is 1. The van der Waals surface area contributed by atoms with E-state index in [1.165, 1.54) is 29.5 Å². The van der Waals surface area contributed by atoms with Crippen LogP contribution in [-0.2, 0) is 15.8 Å². The van der Waals surface area contributed by atoms with Crippen LogP contribution in [0.3, 0.4) is 0 Å². The minimum absolute atomic E-state index is 0.0326. The van der Waals surface area contributed by atoms with Crippen LogP contribution in [0.4, 0.5) is 24.0 Å². The smallest absolute Gasteiger partial charge is 0.325 e. The highest BCUT2D eigenvalue weighted by Crippen LogP contribution is 2.38. The van der Waals surface area contributed by atoms with E-state index in [4.69, 9.17) is 0 Å². The van der Waals surface area contributed by atoms with Gasteiger partial charge in [-0.3, -0.25) is 14.5 Å². The van der Waals surface area contributed by atoms with Crippen molar-refractivity contribution in [2.75, 3.05) is 10.2 Å². The van der Waals surface area contributed by atoms with Crippen LogP contribution in [0.2, 0.25) is 0 Å². The number of para-hydroxylation sites is 1. The predicted molar refractivity (Wildman–Crippen MR) is 106 cm³/mol. The van der Waals surface area contributed by atoms with Crippen LogP contribution in [0, 0.1) is 0 Å². The van der Waals surface area contributed by atoms with Gasteiger partial charge in [0.1, 0.15) is 0 Å². The summed E-state index contributed by atoms with van der Waals surface area (Å²) in [6, 6.07) is 4.97. The second-order valence-electron chi connectivity index (χ2n) is 6.49. The van der Waals surface area contributed by atoms with Crippen molar-refractivity contribution >= 4 is 45.7 Å². The molecule has 1 aromatic carbocycles. The molecule has 1 heterocycles. The second kappa shape index (κ2) is 8.70. The zero-order valence-electron chi connectivity index (χ0n) is 15.7. The third-order valence-electron chi connectivity index (χ3n) is 4.22. The molecule has 1 fully saturated rings. The highest BCUT2D eigenvalue weighted by Gasteiger charge is 2.36. The fourth-order valence-electron chi connectivity index (χ4n) is 2.60. The summed E-state index contributed by atoms with van der Waals surface area (Å²) in [5.41, 5.74) is -1.19. The number of hydrogen-bond donors (Lipinski definition) is 1. The standard InChI is InChI=1S/C18H19F3N4O2S2/c1-3-14(26)25(11-8-9-11)16-23-24-17(29-16)28-10(2)15(27)22-13-7-5-4-6-12(13)18(19,20)21/h4-7,10-11H,3,8-9H2,1-2H3,(H,22,27). The lowest BCUT2D eigenvalue weighted by Gasteiger charge is -2.17. The van der Waals surface area contributed by atoms with E-state index in [-0.39, 0.29) is 17.6 Å². The highest BCUT2D eigenvalue weighted by atomic mass is 32.2. The van der Waals surface area contributed by atoms with E-state index in [2.05, 4.69) is 15.5 Å². The van der Waals surface area contributed by atoms with Gasteiger partial charge >= 0.3 is 6.18 Å². The van der Waals surface area contributed by atoms with E-state index >= 15 is 0 Å². The van der Waals surface area contributed by atoms with Crippen LogP contribution in [0.25, 0.3) is 0 Å². The number of nitrogens with zero attached hydrogens (tertiary/aromatic N) is 3. The number of benzene rings is 1. The SMILES string of the molecule is CCC(=O)N(c1nnc(SC(C)C(=O)Nc2ccccc2C(F)(F)F)s1)C1CC1. The van der Waals surface area contributed by atoms with E-state index in [9.17, 15) is 22.8 Å². The summed E-state index contributed by atoms with van der Waals surface area (Å²) in [5, 5.41) is 10.2. The maximum Gasteiger partial charge on any atom is 0.418 e. The van der Waals surface area contributed by atoms with Crippen LogP contribution < -0.4 is 10.2 Å². The molecule has 1 aromatic heterocycles. The number of aromatic nitrogens is 2. The average Bonchev–Trinajstić information content (AvgIpc) is 3.40. The van der Waals surface area contributed by atoms with Gasteiger partial charge in [0.15, 0.2) is 4.34 Å². The molecule has 1 N–H and O–H groups in total. The van der Waals surface area contributed by atoms with E-state index in [1.54, 1.807) is 18.7 Å². The first-order valence-corrected chi connectivity index (χ1v) is 10.7. The van der Waals surface area contributed by atoms with Crippen molar-refractivity contribution in [1.82, 2.24) is 10.2 Å². The zero-order valence-corrected chi connectivity index (χ0v) is 17.3. The number of hydrogen-bond acceptors (Lipinski definition) is 6. The van der Waals surface area contributed by atoms with Gasteiger partial charge in [-0.25, -0.2) is 0 Å². The first-order valence-electron chi connectivity index (χ1n) is 9.00. The summed E-state index contributed by atoms with van der Waals surface area (Å²) in [4.78, 5) is 26.2. The number of anilines is 2. The topological polar surface area (TPSA) is 75.2 Å². The summed E-state index contributed by atoms with van der Waals surface area (Å²) in [6.45, 7) is 3.35. The van der Waals surface area contributed by atoms with Gasteiger partial charge in [-0.2, -0.15) is 13.2 Å². The van der Waals surface area contributed by atoms with E-state index in [1.807, 2.05) is 0 Å². The van der Waals surface area contributed by atoms with Gasteiger partial charge in [0.2, 0.25) is 16.9 Å². The van der Waals surface area contributed by atoms with Gasteiger partial charge in [-0.15, -0.1) is 10.2 Å². The van der Waals surface area contributed by atoms with Crippen molar-refractivity contribution < 1.29 is 22.8 Å². The molecule has 3 rings (SSSR count). The summed E-state index contributed by atoms with van der Waals surface area (Å²) >= 11 is 2.29. The first kappa shape index (κ1) is 21.6. The van der Waals surface area contributed by atoms with Gasteiger partial charge < -0.3 is 5.32 Å². The molecule has 6 nitrogen and oxygen atoms in total. The van der Waals surface area contributed by atoms with Crippen LogP contribution in [-0.4, -0.2) is 33.3 Å². The molecule has 0 spiro atoms. The Balaban J connectivity index is 1.67. The highest BCUT2D eigenvalue weighted by molar-refractivity contribution is 8.02. The third-order valence-corrected chi connectivity index (χ3v) is 6.33.